The van der Waals surface area contributed by atoms with Gasteiger partial charge in [-0.2, -0.15) is 0 Å². The van der Waals surface area contributed by atoms with Crippen molar-refractivity contribution < 1.29 is 19.8 Å². The summed E-state index contributed by atoms with van der Waals surface area (Å²) in [4.78, 5) is 21.4. The summed E-state index contributed by atoms with van der Waals surface area (Å²) in [5, 5.41) is 17.5. The number of hydrogen-bond donors (Lipinski definition) is 2. The Hall–Kier alpha value is -1.32. The van der Waals surface area contributed by atoms with E-state index >= 15 is 0 Å². The average molecular weight is 284 g/mol. The van der Waals surface area contributed by atoms with Gasteiger partial charge in [-0.05, 0) is 26.2 Å². The first-order valence-electron chi connectivity index (χ1n) is 7.63. The van der Waals surface area contributed by atoms with Gasteiger partial charge in [0.05, 0.1) is 12.3 Å². The van der Waals surface area contributed by atoms with E-state index in [1.54, 1.807) is 0 Å². The second kappa shape index (κ2) is 12.7. The second-order valence-electron chi connectivity index (χ2n) is 5.25. The second-order valence-corrected chi connectivity index (χ2v) is 5.25. The van der Waals surface area contributed by atoms with Gasteiger partial charge in [0.15, 0.2) is 0 Å². The van der Waals surface area contributed by atoms with Gasteiger partial charge in [-0.3, -0.25) is 9.59 Å². The van der Waals surface area contributed by atoms with E-state index in [1.165, 1.54) is 25.7 Å². The number of rotatable bonds is 13. The minimum Gasteiger partial charge on any atom is -0.481 e. The highest BCUT2D eigenvalue weighted by atomic mass is 16.4. The number of unbranched alkanes of at least 4 members (excludes halogenated alkanes) is 7. The van der Waals surface area contributed by atoms with Crippen LogP contribution >= 0.6 is 0 Å². The molecule has 0 fully saturated rings. The lowest BCUT2D eigenvalue weighted by Gasteiger charge is -2.09. The molecular weight excluding hydrogens is 256 g/mol. The molecule has 0 aliphatic heterocycles. The Morgan fingerprint density at radius 2 is 1.50 bits per heavy atom. The molecule has 2 N–H and O–H groups in total. The Morgan fingerprint density at radius 1 is 0.950 bits per heavy atom. The fourth-order valence-corrected chi connectivity index (χ4v) is 2.23. The van der Waals surface area contributed by atoms with E-state index in [-0.39, 0.29) is 6.42 Å². The largest absolute Gasteiger partial charge is 0.481 e. The van der Waals surface area contributed by atoms with Gasteiger partial charge < -0.3 is 10.2 Å². The van der Waals surface area contributed by atoms with Crippen molar-refractivity contribution >= 4 is 11.9 Å². The lowest BCUT2D eigenvalue weighted by molar-refractivity contribution is -0.148. The maximum absolute atomic E-state index is 10.9. The van der Waals surface area contributed by atoms with Gasteiger partial charge in [0.2, 0.25) is 0 Å². The van der Waals surface area contributed by atoms with Crippen LogP contribution in [0.25, 0.3) is 0 Å². The highest BCUT2D eigenvalue weighted by Gasteiger charge is 2.19. The zero-order valence-electron chi connectivity index (χ0n) is 12.5. The van der Waals surface area contributed by atoms with Gasteiger partial charge in [0, 0.05) is 0 Å². The first-order chi connectivity index (χ1) is 9.57. The third-order valence-corrected chi connectivity index (χ3v) is 3.43. The number of allylic oxidation sites excluding steroid dienone is 2. The highest BCUT2D eigenvalue weighted by molar-refractivity contribution is 5.77. The Kier molecular flexibility index (Phi) is 11.9. The quantitative estimate of drug-likeness (QED) is 0.391. The van der Waals surface area contributed by atoms with Crippen molar-refractivity contribution in [1.29, 1.82) is 0 Å². The molecule has 116 valence electrons. The Labute approximate surface area is 121 Å². The van der Waals surface area contributed by atoms with Gasteiger partial charge in [-0.15, -0.1) is 0 Å². The maximum atomic E-state index is 10.9. The SMILES string of the molecule is C/C=C/CCCCCCCCCC(CC(=O)O)C(=O)O. The van der Waals surface area contributed by atoms with Crippen molar-refractivity contribution in [2.24, 2.45) is 5.92 Å². The van der Waals surface area contributed by atoms with Crippen LogP contribution < -0.4 is 0 Å². The third kappa shape index (κ3) is 11.8. The Bertz CT molecular complexity index is 297. The first-order valence-corrected chi connectivity index (χ1v) is 7.63. The van der Waals surface area contributed by atoms with Crippen LogP contribution in [-0.4, -0.2) is 22.2 Å². The van der Waals surface area contributed by atoms with Crippen LogP contribution in [0, 0.1) is 5.92 Å². The molecule has 0 aliphatic carbocycles. The molecule has 1 atom stereocenters. The molecule has 4 heteroatoms. The molecule has 0 bridgehead atoms. The fraction of sp³-hybridized carbons (Fsp3) is 0.750. The zero-order valence-corrected chi connectivity index (χ0v) is 12.5. The Balaban J connectivity index is 3.45. The van der Waals surface area contributed by atoms with Gasteiger partial charge in [-0.25, -0.2) is 0 Å². The number of hydrogen-bond acceptors (Lipinski definition) is 2. The molecule has 0 rings (SSSR count). The van der Waals surface area contributed by atoms with E-state index in [1.807, 2.05) is 6.92 Å². The molecule has 0 heterocycles. The molecule has 1 unspecified atom stereocenters. The topological polar surface area (TPSA) is 74.6 Å². The minimum absolute atomic E-state index is 0.264. The third-order valence-electron chi connectivity index (χ3n) is 3.43. The number of carboxylic acids is 2. The maximum Gasteiger partial charge on any atom is 0.307 e. The summed E-state index contributed by atoms with van der Waals surface area (Å²) in [5.74, 6) is -2.75. The Morgan fingerprint density at radius 3 is 2.00 bits per heavy atom. The molecule has 0 aromatic heterocycles. The van der Waals surface area contributed by atoms with Gasteiger partial charge in [0.1, 0.15) is 0 Å². The van der Waals surface area contributed by atoms with E-state index in [0.29, 0.717) is 6.42 Å². The van der Waals surface area contributed by atoms with Gasteiger partial charge in [-0.1, -0.05) is 50.7 Å². The number of aliphatic carboxylic acids is 2. The molecule has 0 spiro atoms. The minimum atomic E-state index is -1.03. The van der Waals surface area contributed by atoms with Crippen LogP contribution in [0.4, 0.5) is 0 Å². The molecule has 0 aromatic carbocycles. The molecular formula is C16H28O4. The fourth-order valence-electron chi connectivity index (χ4n) is 2.23. The molecule has 0 amide bonds. The standard InChI is InChI=1S/C16H28O4/c1-2-3-4-5-6-7-8-9-10-11-12-14(16(19)20)13-15(17)18/h2-3,14H,4-13H2,1H3,(H,17,18)(H,19,20)/b3-2+. The van der Waals surface area contributed by atoms with E-state index in [2.05, 4.69) is 12.2 Å². The molecule has 20 heavy (non-hydrogen) atoms. The van der Waals surface area contributed by atoms with Crippen molar-refractivity contribution in [2.45, 2.75) is 71.1 Å². The summed E-state index contributed by atoms with van der Waals surface area (Å²) < 4.78 is 0. The molecule has 0 saturated carbocycles. The number of carboxylic acid groups (broad SMARTS) is 2. The van der Waals surface area contributed by atoms with Crippen LogP contribution in [0.3, 0.4) is 0 Å². The predicted molar refractivity (Wildman–Crippen MR) is 79.7 cm³/mol. The summed E-state index contributed by atoms with van der Waals surface area (Å²) in [5.41, 5.74) is 0. The molecule has 0 radical (unpaired) electrons. The van der Waals surface area contributed by atoms with Crippen molar-refractivity contribution in [2.75, 3.05) is 0 Å². The normalized spacial score (nSPS) is 12.7. The average Bonchev–Trinajstić information content (AvgIpc) is 2.39. The molecule has 0 saturated heterocycles. The smallest absolute Gasteiger partial charge is 0.307 e. The van der Waals surface area contributed by atoms with Crippen LogP contribution in [-0.2, 0) is 9.59 Å². The zero-order chi connectivity index (χ0) is 15.2. The van der Waals surface area contributed by atoms with Crippen molar-refractivity contribution in [3.63, 3.8) is 0 Å². The predicted octanol–water partition coefficient (Wildman–Crippen LogP) is 4.25. The van der Waals surface area contributed by atoms with Gasteiger partial charge in [0.25, 0.3) is 0 Å². The van der Waals surface area contributed by atoms with Crippen LogP contribution in [0.1, 0.15) is 71.1 Å². The molecule has 0 aliphatic rings. The molecule has 4 nitrogen and oxygen atoms in total. The molecule has 0 aromatic rings. The van der Waals surface area contributed by atoms with E-state index < -0.39 is 17.9 Å². The summed E-state index contributed by atoms with van der Waals surface area (Å²) in [7, 11) is 0. The monoisotopic (exact) mass is 284 g/mol. The first kappa shape index (κ1) is 18.7. The van der Waals surface area contributed by atoms with Crippen molar-refractivity contribution in [3.05, 3.63) is 12.2 Å². The van der Waals surface area contributed by atoms with Crippen LogP contribution in [0.2, 0.25) is 0 Å². The summed E-state index contributed by atoms with van der Waals surface area (Å²) in [6.07, 6.45) is 13.5. The lowest BCUT2D eigenvalue weighted by Crippen LogP contribution is -2.17. The van der Waals surface area contributed by atoms with Crippen molar-refractivity contribution in [1.82, 2.24) is 0 Å². The van der Waals surface area contributed by atoms with Crippen LogP contribution in [0.15, 0.2) is 12.2 Å². The van der Waals surface area contributed by atoms with Gasteiger partial charge >= 0.3 is 11.9 Å². The van der Waals surface area contributed by atoms with E-state index in [9.17, 15) is 9.59 Å². The lowest BCUT2D eigenvalue weighted by atomic mass is 9.97. The number of carbonyl (C=O) groups is 2. The summed E-state index contributed by atoms with van der Waals surface area (Å²) in [6, 6.07) is 0. The van der Waals surface area contributed by atoms with E-state index in [0.717, 1.165) is 25.7 Å². The highest BCUT2D eigenvalue weighted by Crippen LogP contribution is 2.16. The van der Waals surface area contributed by atoms with Crippen LogP contribution in [0.5, 0.6) is 0 Å². The van der Waals surface area contributed by atoms with Crippen molar-refractivity contribution in [3.8, 4) is 0 Å². The summed E-state index contributed by atoms with van der Waals surface area (Å²) in [6.45, 7) is 2.04. The summed E-state index contributed by atoms with van der Waals surface area (Å²) >= 11 is 0. The van der Waals surface area contributed by atoms with E-state index in [4.69, 9.17) is 10.2 Å².